The average molecular weight is 413 g/mol. The van der Waals surface area contributed by atoms with Crippen LogP contribution in [0.15, 0.2) is 18.2 Å². The van der Waals surface area contributed by atoms with E-state index in [2.05, 4.69) is 26.3 Å². The number of benzene rings is 1. The zero-order valence-electron chi connectivity index (χ0n) is 15.1. The van der Waals surface area contributed by atoms with Crippen LogP contribution in [0.3, 0.4) is 0 Å². The van der Waals surface area contributed by atoms with Gasteiger partial charge in [0.15, 0.2) is 5.69 Å². The van der Waals surface area contributed by atoms with Crippen molar-refractivity contribution in [1.82, 2.24) is 20.3 Å². The van der Waals surface area contributed by atoms with E-state index in [0.29, 0.717) is 16.4 Å². The lowest BCUT2D eigenvalue weighted by molar-refractivity contribution is -0.114. The summed E-state index contributed by atoms with van der Waals surface area (Å²) in [5.74, 6) is -0.632. The lowest BCUT2D eigenvalue weighted by Crippen LogP contribution is -2.30. The van der Waals surface area contributed by atoms with Crippen LogP contribution in [-0.2, 0) is 4.79 Å². The summed E-state index contributed by atoms with van der Waals surface area (Å²) in [6, 6.07) is 5.10. The van der Waals surface area contributed by atoms with E-state index in [4.69, 9.17) is 11.6 Å². The minimum absolute atomic E-state index is 0. The number of carbonyl (C=O) groups excluding carboxylic acids is 2. The van der Waals surface area contributed by atoms with Gasteiger partial charge in [0.1, 0.15) is 0 Å². The molecule has 0 aliphatic carbocycles. The van der Waals surface area contributed by atoms with Crippen molar-refractivity contribution in [1.29, 1.82) is 0 Å². The van der Waals surface area contributed by atoms with E-state index in [0.717, 1.165) is 31.6 Å². The first-order valence-electron chi connectivity index (χ1n) is 8.46. The van der Waals surface area contributed by atoms with Crippen LogP contribution in [0.1, 0.15) is 42.0 Å². The summed E-state index contributed by atoms with van der Waals surface area (Å²) >= 11 is 6.02. The van der Waals surface area contributed by atoms with Gasteiger partial charge in [0.2, 0.25) is 5.91 Å². The Labute approximate surface area is 168 Å². The lowest BCUT2D eigenvalue weighted by Gasteiger charge is -2.23. The average Bonchev–Trinajstić information content (AvgIpc) is 2.99. The van der Waals surface area contributed by atoms with Gasteiger partial charge in [-0.25, -0.2) is 4.68 Å². The third-order valence-corrected chi connectivity index (χ3v) is 4.57. The maximum Gasteiger partial charge on any atom is 0.278 e. The van der Waals surface area contributed by atoms with Crippen molar-refractivity contribution < 1.29 is 9.59 Å². The number of halogens is 2. The van der Waals surface area contributed by atoms with Crippen molar-refractivity contribution in [3.63, 3.8) is 0 Å². The molecule has 0 spiro atoms. The minimum atomic E-state index is -0.392. The molecule has 146 valence electrons. The molecule has 1 aliphatic heterocycles. The molecule has 2 aromatic rings. The Bertz CT molecular complexity index is 833. The van der Waals surface area contributed by atoms with Crippen LogP contribution in [-0.4, -0.2) is 39.9 Å². The maximum absolute atomic E-state index is 12.7. The molecule has 1 fully saturated rings. The Hall–Kier alpha value is -2.16. The minimum Gasteiger partial charge on any atom is -0.325 e. The molecule has 2 amide bonds. The molecule has 27 heavy (non-hydrogen) atoms. The second-order valence-corrected chi connectivity index (χ2v) is 6.71. The smallest absolute Gasteiger partial charge is 0.278 e. The molecule has 1 aliphatic rings. The molecule has 0 bridgehead atoms. The molecule has 0 unspecified atom stereocenters. The molecule has 1 aromatic carbocycles. The lowest BCUT2D eigenvalue weighted by atomic mass is 10.1. The highest BCUT2D eigenvalue weighted by molar-refractivity contribution is 6.31. The molecule has 0 saturated carbocycles. The highest BCUT2D eigenvalue weighted by Crippen LogP contribution is 2.27. The van der Waals surface area contributed by atoms with Gasteiger partial charge in [0, 0.05) is 11.9 Å². The second-order valence-electron chi connectivity index (χ2n) is 6.27. The third-order valence-electron chi connectivity index (χ3n) is 4.34. The van der Waals surface area contributed by atoms with E-state index in [-0.39, 0.29) is 30.0 Å². The first-order chi connectivity index (χ1) is 12.5. The van der Waals surface area contributed by atoms with Gasteiger partial charge in [-0.15, -0.1) is 17.5 Å². The van der Waals surface area contributed by atoms with Gasteiger partial charge in [-0.2, -0.15) is 0 Å². The predicted molar refractivity (Wildman–Crippen MR) is 107 cm³/mol. The normalized spacial score (nSPS) is 14.3. The van der Waals surface area contributed by atoms with Crippen molar-refractivity contribution in [3.05, 3.63) is 34.6 Å². The molecule has 10 heteroatoms. The van der Waals surface area contributed by atoms with E-state index in [1.807, 2.05) is 11.6 Å². The van der Waals surface area contributed by atoms with Gasteiger partial charge in [-0.05, 0) is 51.1 Å². The molecule has 1 aromatic heterocycles. The Balaban J connectivity index is 0.00000261. The molecule has 0 radical (unpaired) electrons. The van der Waals surface area contributed by atoms with Crippen LogP contribution >= 0.6 is 24.0 Å². The van der Waals surface area contributed by atoms with Crippen LogP contribution in [0.25, 0.3) is 0 Å². The van der Waals surface area contributed by atoms with Crippen LogP contribution < -0.4 is 16.0 Å². The van der Waals surface area contributed by atoms with E-state index >= 15 is 0 Å². The van der Waals surface area contributed by atoms with Gasteiger partial charge < -0.3 is 16.0 Å². The van der Waals surface area contributed by atoms with Crippen molar-refractivity contribution >= 4 is 47.2 Å². The SMILES string of the molecule is CC(=O)Nc1ccc(Cl)cc1NC(=O)c1nnn(C2CCNCC2)c1C.Cl. The number of nitrogens with zero attached hydrogens (tertiary/aromatic N) is 3. The topological polar surface area (TPSA) is 101 Å². The van der Waals surface area contributed by atoms with Gasteiger partial charge in [0.05, 0.1) is 23.1 Å². The fraction of sp³-hybridized carbons (Fsp3) is 0.412. The fourth-order valence-corrected chi connectivity index (χ4v) is 3.22. The maximum atomic E-state index is 12.7. The highest BCUT2D eigenvalue weighted by atomic mass is 35.5. The first kappa shape index (κ1) is 21.1. The van der Waals surface area contributed by atoms with Crippen LogP contribution in [0.2, 0.25) is 5.02 Å². The van der Waals surface area contributed by atoms with E-state index < -0.39 is 5.91 Å². The number of hydrogen-bond donors (Lipinski definition) is 3. The van der Waals surface area contributed by atoms with Crippen molar-refractivity contribution in [3.8, 4) is 0 Å². The third kappa shape index (κ3) is 4.97. The summed E-state index contributed by atoms with van der Waals surface area (Å²) < 4.78 is 1.82. The van der Waals surface area contributed by atoms with E-state index in [1.54, 1.807) is 18.2 Å². The number of nitrogens with one attached hydrogen (secondary N) is 3. The molecule has 0 atom stereocenters. The van der Waals surface area contributed by atoms with Crippen LogP contribution in [0.5, 0.6) is 0 Å². The summed E-state index contributed by atoms with van der Waals surface area (Å²) in [6.07, 6.45) is 1.90. The summed E-state index contributed by atoms with van der Waals surface area (Å²) in [5, 5.41) is 17.4. The van der Waals surface area contributed by atoms with Crippen molar-refractivity contribution in [2.45, 2.75) is 32.7 Å². The largest absolute Gasteiger partial charge is 0.325 e. The van der Waals surface area contributed by atoms with Gasteiger partial charge >= 0.3 is 0 Å². The number of piperidine rings is 1. The molecule has 2 heterocycles. The fourth-order valence-electron chi connectivity index (χ4n) is 3.05. The van der Waals surface area contributed by atoms with Crippen molar-refractivity contribution in [2.75, 3.05) is 23.7 Å². The Kier molecular flexibility index (Phi) is 7.18. The second kappa shape index (κ2) is 9.16. The zero-order valence-corrected chi connectivity index (χ0v) is 16.7. The molecule has 1 saturated heterocycles. The molecule has 3 rings (SSSR count). The quantitative estimate of drug-likeness (QED) is 0.716. The molecular weight excluding hydrogens is 391 g/mol. The molecule has 3 N–H and O–H groups in total. The Morgan fingerprint density at radius 3 is 2.59 bits per heavy atom. The predicted octanol–water partition coefficient (Wildman–Crippen LogP) is 2.80. The first-order valence-corrected chi connectivity index (χ1v) is 8.84. The van der Waals surface area contributed by atoms with Gasteiger partial charge in [0.25, 0.3) is 5.91 Å². The Morgan fingerprint density at radius 2 is 1.93 bits per heavy atom. The molecule has 8 nitrogen and oxygen atoms in total. The van der Waals surface area contributed by atoms with E-state index in [1.165, 1.54) is 6.92 Å². The number of carbonyl (C=O) groups is 2. The number of anilines is 2. The standard InChI is InChI=1S/C17H21ClN6O2.ClH/c1-10-16(22-23-24(10)13-5-7-19-8-6-13)17(26)21-15-9-12(18)3-4-14(15)20-11(2)25;/h3-4,9,13,19H,5-8H2,1-2H3,(H,20,25)(H,21,26);1H. The highest BCUT2D eigenvalue weighted by Gasteiger charge is 2.23. The van der Waals surface area contributed by atoms with Crippen LogP contribution in [0.4, 0.5) is 11.4 Å². The summed E-state index contributed by atoms with van der Waals surface area (Å²) in [7, 11) is 0. The van der Waals surface area contributed by atoms with Crippen molar-refractivity contribution in [2.24, 2.45) is 0 Å². The van der Waals surface area contributed by atoms with Gasteiger partial charge in [-0.3, -0.25) is 9.59 Å². The number of amides is 2. The zero-order chi connectivity index (χ0) is 18.7. The monoisotopic (exact) mass is 412 g/mol. The van der Waals surface area contributed by atoms with Crippen LogP contribution in [0, 0.1) is 6.92 Å². The number of hydrogen-bond acceptors (Lipinski definition) is 5. The summed E-state index contributed by atoms with van der Waals surface area (Å²) in [6.45, 7) is 5.08. The summed E-state index contributed by atoms with van der Waals surface area (Å²) in [4.78, 5) is 24.0. The number of aromatic nitrogens is 3. The van der Waals surface area contributed by atoms with E-state index in [9.17, 15) is 9.59 Å². The Morgan fingerprint density at radius 1 is 1.22 bits per heavy atom. The number of rotatable bonds is 4. The molecular formula is C17H22Cl2N6O2. The summed E-state index contributed by atoms with van der Waals surface area (Å²) in [5.41, 5.74) is 1.86. The van der Waals surface area contributed by atoms with Gasteiger partial charge in [-0.1, -0.05) is 16.8 Å².